The standard InChI is InChI=1S/C18H20N2O5/c1-22-8-7-19-18(21)20-14-4-2-3-13(9-14)11-23-15-5-6-16-17(10-15)25-12-24-16/h2-6,9-10H,7-8,11-12H2,1H3,(H2,19,20,21). The van der Waals surface area contributed by atoms with Crippen LogP contribution in [-0.2, 0) is 11.3 Å². The molecule has 2 aromatic rings. The van der Waals surface area contributed by atoms with Gasteiger partial charge in [-0.3, -0.25) is 0 Å². The third-order valence-electron chi connectivity index (χ3n) is 3.53. The Bertz CT molecular complexity index is 735. The Kier molecular flexibility index (Phi) is 5.58. The molecule has 0 saturated carbocycles. The van der Waals surface area contributed by atoms with Gasteiger partial charge >= 0.3 is 6.03 Å². The molecule has 0 unspecified atom stereocenters. The van der Waals surface area contributed by atoms with E-state index in [1.165, 1.54) is 0 Å². The number of urea groups is 1. The average molecular weight is 344 g/mol. The normalized spacial score (nSPS) is 11.9. The maximum absolute atomic E-state index is 11.8. The third kappa shape index (κ3) is 4.77. The Hall–Kier alpha value is -2.93. The van der Waals surface area contributed by atoms with Crippen molar-refractivity contribution in [3.63, 3.8) is 0 Å². The highest BCUT2D eigenvalue weighted by Gasteiger charge is 2.13. The van der Waals surface area contributed by atoms with Crippen molar-refractivity contribution in [2.75, 3.05) is 32.4 Å². The predicted molar refractivity (Wildman–Crippen MR) is 92.2 cm³/mol. The first-order valence-corrected chi connectivity index (χ1v) is 7.90. The van der Waals surface area contributed by atoms with Gasteiger partial charge in [-0.05, 0) is 29.8 Å². The molecule has 0 fully saturated rings. The summed E-state index contributed by atoms with van der Waals surface area (Å²) in [5.74, 6) is 2.10. The van der Waals surface area contributed by atoms with Gasteiger partial charge in [0.15, 0.2) is 11.5 Å². The van der Waals surface area contributed by atoms with Crippen molar-refractivity contribution in [1.82, 2.24) is 5.32 Å². The quantitative estimate of drug-likeness (QED) is 0.755. The monoisotopic (exact) mass is 344 g/mol. The first-order chi connectivity index (χ1) is 12.2. The molecule has 1 aliphatic rings. The first kappa shape index (κ1) is 16.9. The van der Waals surface area contributed by atoms with Crippen LogP contribution in [0.4, 0.5) is 10.5 Å². The fourth-order valence-electron chi connectivity index (χ4n) is 2.31. The SMILES string of the molecule is COCCNC(=O)Nc1cccc(COc2ccc3c(c2)OCO3)c1. The van der Waals surface area contributed by atoms with Gasteiger partial charge in [-0.1, -0.05) is 12.1 Å². The van der Waals surface area contributed by atoms with Crippen molar-refractivity contribution in [2.24, 2.45) is 0 Å². The lowest BCUT2D eigenvalue weighted by atomic mass is 10.2. The van der Waals surface area contributed by atoms with Crippen molar-refractivity contribution in [3.8, 4) is 17.2 Å². The van der Waals surface area contributed by atoms with Gasteiger partial charge < -0.3 is 29.6 Å². The maximum Gasteiger partial charge on any atom is 0.319 e. The highest BCUT2D eigenvalue weighted by molar-refractivity contribution is 5.89. The molecule has 7 nitrogen and oxygen atoms in total. The van der Waals surface area contributed by atoms with Gasteiger partial charge in [0, 0.05) is 25.4 Å². The number of rotatable bonds is 7. The summed E-state index contributed by atoms with van der Waals surface area (Å²) in [7, 11) is 1.59. The van der Waals surface area contributed by atoms with Gasteiger partial charge in [-0.25, -0.2) is 4.79 Å². The lowest BCUT2D eigenvalue weighted by Crippen LogP contribution is -2.31. The summed E-state index contributed by atoms with van der Waals surface area (Å²) in [4.78, 5) is 11.8. The van der Waals surface area contributed by atoms with E-state index in [0.717, 1.165) is 11.3 Å². The Balaban J connectivity index is 1.54. The highest BCUT2D eigenvalue weighted by Crippen LogP contribution is 2.35. The largest absolute Gasteiger partial charge is 0.489 e. The molecule has 0 spiro atoms. The maximum atomic E-state index is 11.8. The lowest BCUT2D eigenvalue weighted by molar-refractivity contribution is 0.173. The molecule has 1 heterocycles. The van der Waals surface area contributed by atoms with E-state index in [1.54, 1.807) is 13.2 Å². The van der Waals surface area contributed by atoms with Crippen LogP contribution in [0.5, 0.6) is 17.2 Å². The van der Waals surface area contributed by atoms with Crippen LogP contribution in [0.2, 0.25) is 0 Å². The second kappa shape index (κ2) is 8.25. The molecule has 132 valence electrons. The summed E-state index contributed by atoms with van der Waals surface area (Å²) in [5, 5.41) is 5.48. The molecule has 3 rings (SSSR count). The van der Waals surface area contributed by atoms with Crippen LogP contribution in [0.15, 0.2) is 42.5 Å². The minimum Gasteiger partial charge on any atom is -0.489 e. The molecule has 2 N–H and O–H groups in total. The van der Waals surface area contributed by atoms with Crippen LogP contribution in [0.3, 0.4) is 0 Å². The number of hydrogen-bond acceptors (Lipinski definition) is 5. The van der Waals surface area contributed by atoms with Crippen LogP contribution < -0.4 is 24.8 Å². The van der Waals surface area contributed by atoms with E-state index in [1.807, 2.05) is 36.4 Å². The predicted octanol–water partition coefficient (Wildman–Crippen LogP) is 2.76. The number of nitrogens with one attached hydrogen (secondary N) is 2. The van der Waals surface area contributed by atoms with Crippen LogP contribution in [0.25, 0.3) is 0 Å². The zero-order chi connectivity index (χ0) is 17.5. The summed E-state index contributed by atoms with van der Waals surface area (Å²) < 4.78 is 21.3. The second-order valence-corrected chi connectivity index (χ2v) is 5.38. The Morgan fingerprint density at radius 1 is 1.16 bits per heavy atom. The fourth-order valence-corrected chi connectivity index (χ4v) is 2.31. The average Bonchev–Trinajstić information content (AvgIpc) is 3.08. The van der Waals surface area contributed by atoms with Gasteiger partial charge in [-0.2, -0.15) is 0 Å². The van der Waals surface area contributed by atoms with Gasteiger partial charge in [-0.15, -0.1) is 0 Å². The number of amides is 2. The summed E-state index contributed by atoms with van der Waals surface area (Å²) in [5.41, 5.74) is 1.63. The number of anilines is 1. The van der Waals surface area contributed by atoms with Gasteiger partial charge in [0.25, 0.3) is 0 Å². The smallest absolute Gasteiger partial charge is 0.319 e. The van der Waals surface area contributed by atoms with Crippen LogP contribution in [0.1, 0.15) is 5.56 Å². The number of ether oxygens (including phenoxy) is 4. The highest BCUT2D eigenvalue weighted by atomic mass is 16.7. The van der Waals surface area contributed by atoms with Crippen molar-refractivity contribution in [3.05, 3.63) is 48.0 Å². The van der Waals surface area contributed by atoms with Crippen LogP contribution >= 0.6 is 0 Å². The Morgan fingerprint density at radius 2 is 2.04 bits per heavy atom. The molecule has 0 bridgehead atoms. The van der Waals surface area contributed by atoms with E-state index < -0.39 is 0 Å². The molecule has 0 atom stereocenters. The number of fused-ring (bicyclic) bond motifs is 1. The minimum atomic E-state index is -0.272. The molecule has 0 aromatic heterocycles. The van der Waals surface area contributed by atoms with Crippen molar-refractivity contribution in [2.45, 2.75) is 6.61 Å². The number of carbonyl (C=O) groups is 1. The molecule has 0 aliphatic carbocycles. The van der Waals surface area contributed by atoms with Crippen LogP contribution in [0, 0.1) is 0 Å². The summed E-state index contributed by atoms with van der Waals surface area (Å²) >= 11 is 0. The molecule has 0 saturated heterocycles. The fraction of sp³-hybridized carbons (Fsp3) is 0.278. The van der Waals surface area contributed by atoms with Gasteiger partial charge in [0.05, 0.1) is 6.61 Å². The zero-order valence-electron chi connectivity index (χ0n) is 13.9. The molecule has 2 aromatic carbocycles. The minimum absolute atomic E-state index is 0.235. The van der Waals surface area contributed by atoms with E-state index in [4.69, 9.17) is 18.9 Å². The third-order valence-corrected chi connectivity index (χ3v) is 3.53. The lowest BCUT2D eigenvalue weighted by Gasteiger charge is -2.10. The Labute approximate surface area is 145 Å². The number of methoxy groups -OCH3 is 1. The number of hydrogen-bond donors (Lipinski definition) is 2. The van der Waals surface area contributed by atoms with Crippen molar-refractivity contribution >= 4 is 11.7 Å². The molecule has 0 radical (unpaired) electrons. The zero-order valence-corrected chi connectivity index (χ0v) is 13.9. The Morgan fingerprint density at radius 3 is 2.92 bits per heavy atom. The summed E-state index contributed by atoms with van der Waals surface area (Å²) in [6, 6.07) is 12.7. The summed E-state index contributed by atoms with van der Waals surface area (Å²) in [6.45, 7) is 1.53. The summed E-state index contributed by atoms with van der Waals surface area (Å²) in [6.07, 6.45) is 0. The van der Waals surface area contributed by atoms with E-state index in [0.29, 0.717) is 36.9 Å². The molecular weight excluding hydrogens is 324 g/mol. The van der Waals surface area contributed by atoms with Gasteiger partial charge in [0.1, 0.15) is 12.4 Å². The van der Waals surface area contributed by atoms with Crippen LogP contribution in [-0.4, -0.2) is 33.1 Å². The van der Waals surface area contributed by atoms with Crippen molar-refractivity contribution in [1.29, 1.82) is 0 Å². The molecule has 7 heteroatoms. The van der Waals surface area contributed by atoms with E-state index in [9.17, 15) is 4.79 Å². The number of benzene rings is 2. The molecule has 2 amide bonds. The molecular formula is C18H20N2O5. The topological polar surface area (TPSA) is 78.1 Å². The van der Waals surface area contributed by atoms with E-state index in [-0.39, 0.29) is 12.8 Å². The van der Waals surface area contributed by atoms with E-state index >= 15 is 0 Å². The number of carbonyl (C=O) groups excluding carboxylic acids is 1. The van der Waals surface area contributed by atoms with Gasteiger partial charge in [0.2, 0.25) is 6.79 Å². The molecule has 1 aliphatic heterocycles. The second-order valence-electron chi connectivity index (χ2n) is 5.38. The van der Waals surface area contributed by atoms with E-state index in [2.05, 4.69) is 10.6 Å². The van der Waals surface area contributed by atoms with Crippen molar-refractivity contribution < 1.29 is 23.7 Å². The molecule has 25 heavy (non-hydrogen) atoms. The first-order valence-electron chi connectivity index (χ1n) is 7.90.